The highest BCUT2D eigenvalue weighted by atomic mass is 16.5. The van der Waals surface area contributed by atoms with E-state index in [9.17, 15) is 4.79 Å². The van der Waals surface area contributed by atoms with E-state index in [2.05, 4.69) is 26.6 Å². The van der Waals surface area contributed by atoms with Crippen LogP contribution in [0.3, 0.4) is 0 Å². The average molecular weight is 470 g/mol. The number of carbonyl (C=O) groups is 1. The fourth-order valence-corrected chi connectivity index (χ4v) is 4.31. The van der Waals surface area contributed by atoms with Gasteiger partial charge in [-0.3, -0.25) is 4.79 Å². The lowest BCUT2D eigenvalue weighted by Crippen LogP contribution is -2.36. The monoisotopic (exact) mass is 469 g/mol. The molecule has 1 aliphatic rings. The van der Waals surface area contributed by atoms with Crippen LogP contribution in [0, 0.1) is 11.3 Å². The van der Waals surface area contributed by atoms with Crippen LogP contribution < -0.4 is 15.5 Å². The van der Waals surface area contributed by atoms with Crippen molar-refractivity contribution in [2.45, 2.75) is 31.4 Å². The first-order chi connectivity index (χ1) is 17.2. The molecule has 2 heterocycles. The molecule has 1 amide bonds. The Bertz CT molecular complexity index is 1120. The number of aromatic nitrogens is 1. The van der Waals surface area contributed by atoms with E-state index >= 15 is 0 Å². The van der Waals surface area contributed by atoms with Gasteiger partial charge in [-0.05, 0) is 54.7 Å². The summed E-state index contributed by atoms with van der Waals surface area (Å²) < 4.78 is 5.45. The van der Waals surface area contributed by atoms with Crippen LogP contribution in [0.1, 0.15) is 35.6 Å². The van der Waals surface area contributed by atoms with Crippen molar-refractivity contribution in [3.8, 4) is 6.07 Å². The minimum atomic E-state index is -0.510. The van der Waals surface area contributed by atoms with Crippen molar-refractivity contribution in [1.29, 1.82) is 5.26 Å². The third-order valence-electron chi connectivity index (χ3n) is 6.38. The smallest absolute Gasteiger partial charge is 0.247 e. The van der Waals surface area contributed by atoms with E-state index < -0.39 is 6.04 Å². The van der Waals surface area contributed by atoms with Gasteiger partial charge in [0.2, 0.25) is 5.91 Å². The molecule has 2 N–H and O–H groups in total. The van der Waals surface area contributed by atoms with Gasteiger partial charge in [0, 0.05) is 26.7 Å². The number of hydrogen-bond donors (Lipinski definition) is 2. The zero-order chi connectivity index (χ0) is 24.5. The van der Waals surface area contributed by atoms with Crippen molar-refractivity contribution in [3.63, 3.8) is 0 Å². The summed E-state index contributed by atoms with van der Waals surface area (Å²) in [7, 11) is 1.77. The Kier molecular flexibility index (Phi) is 8.44. The number of pyridine rings is 1. The highest BCUT2D eigenvalue weighted by Gasteiger charge is 2.21. The second kappa shape index (κ2) is 12.1. The number of nitriles is 1. The van der Waals surface area contributed by atoms with Crippen molar-refractivity contribution < 1.29 is 9.53 Å². The Morgan fingerprint density at radius 2 is 1.86 bits per heavy atom. The maximum absolute atomic E-state index is 13.2. The molecule has 7 heteroatoms. The van der Waals surface area contributed by atoms with Crippen LogP contribution >= 0.6 is 0 Å². The number of rotatable bonds is 9. The molecule has 0 spiro atoms. The number of methoxy groups -OCH3 is 1. The molecule has 1 aromatic heterocycles. The molecule has 2 aromatic carbocycles. The van der Waals surface area contributed by atoms with Gasteiger partial charge in [0.25, 0.3) is 0 Å². The number of ether oxygens (including phenoxy) is 1. The van der Waals surface area contributed by atoms with Crippen molar-refractivity contribution in [1.82, 2.24) is 10.3 Å². The van der Waals surface area contributed by atoms with Crippen LogP contribution in [0.15, 0.2) is 72.9 Å². The van der Waals surface area contributed by atoms with E-state index in [1.165, 1.54) is 0 Å². The normalized spacial score (nSPS) is 14.8. The lowest BCUT2D eigenvalue weighted by Gasteiger charge is -2.32. The number of hydrogen-bond acceptors (Lipinski definition) is 6. The van der Waals surface area contributed by atoms with Crippen LogP contribution in [0.2, 0.25) is 0 Å². The molecule has 4 rings (SSSR count). The van der Waals surface area contributed by atoms with Crippen LogP contribution in [-0.2, 0) is 16.0 Å². The van der Waals surface area contributed by atoms with E-state index in [1.54, 1.807) is 7.11 Å². The molecule has 35 heavy (non-hydrogen) atoms. The molecule has 0 bridgehead atoms. The number of anilines is 2. The molecule has 1 atom stereocenters. The summed E-state index contributed by atoms with van der Waals surface area (Å²) in [6, 6.07) is 22.7. The third-order valence-corrected chi connectivity index (χ3v) is 6.38. The van der Waals surface area contributed by atoms with Gasteiger partial charge in [-0.2, -0.15) is 5.26 Å². The van der Waals surface area contributed by atoms with E-state index in [0.717, 1.165) is 49.2 Å². The van der Waals surface area contributed by atoms with Gasteiger partial charge in [-0.25, -0.2) is 4.98 Å². The highest BCUT2D eigenvalue weighted by molar-refractivity contribution is 5.94. The number of carbonyl (C=O) groups excluding carboxylic acids is 1. The van der Waals surface area contributed by atoms with E-state index in [-0.39, 0.29) is 5.91 Å². The number of nitrogens with zero attached hydrogens (tertiary/aromatic N) is 3. The first-order valence-electron chi connectivity index (χ1n) is 12.0. The van der Waals surface area contributed by atoms with Gasteiger partial charge < -0.3 is 20.3 Å². The molecule has 0 unspecified atom stereocenters. The van der Waals surface area contributed by atoms with E-state index in [0.29, 0.717) is 24.0 Å². The molecule has 1 fully saturated rings. The van der Waals surface area contributed by atoms with Crippen LogP contribution in [0.25, 0.3) is 0 Å². The number of piperidine rings is 1. The van der Waals surface area contributed by atoms with Crippen LogP contribution in [0.4, 0.5) is 11.5 Å². The van der Waals surface area contributed by atoms with Gasteiger partial charge in [0.05, 0.1) is 29.6 Å². The first-order valence-corrected chi connectivity index (χ1v) is 12.0. The van der Waals surface area contributed by atoms with Crippen molar-refractivity contribution >= 4 is 17.4 Å². The zero-order valence-corrected chi connectivity index (χ0v) is 20.0. The average Bonchev–Trinajstić information content (AvgIpc) is 2.92. The second-order valence-corrected chi connectivity index (χ2v) is 8.67. The lowest BCUT2D eigenvalue weighted by atomic mass is 10.1. The Morgan fingerprint density at radius 3 is 2.49 bits per heavy atom. The Morgan fingerprint density at radius 1 is 1.11 bits per heavy atom. The largest absolute Gasteiger partial charge is 0.381 e. The summed E-state index contributed by atoms with van der Waals surface area (Å²) >= 11 is 0. The summed E-state index contributed by atoms with van der Waals surface area (Å²) in [6.07, 6.45) is 4.90. The summed E-state index contributed by atoms with van der Waals surface area (Å²) in [5, 5.41) is 15.3. The quantitative estimate of drug-likeness (QED) is 0.491. The topological polar surface area (TPSA) is 90.3 Å². The van der Waals surface area contributed by atoms with Crippen LogP contribution in [0.5, 0.6) is 0 Å². The van der Waals surface area contributed by atoms with E-state index in [4.69, 9.17) is 10.00 Å². The summed E-state index contributed by atoms with van der Waals surface area (Å²) in [4.78, 5) is 20.0. The van der Waals surface area contributed by atoms with Crippen molar-refractivity contribution in [2.24, 2.45) is 0 Å². The summed E-state index contributed by atoms with van der Waals surface area (Å²) in [5.74, 6) is 0.373. The molecular formula is C28H31N5O2. The standard InChI is InChI=1S/C28H31N5O2/c1-35-25-14-17-33(18-15-25)24-11-12-26(31-20-24)32-28(34)27(23-5-3-2-4-6-23)30-16-13-21-7-9-22(19-29)10-8-21/h2-12,20,25,27,30H,13-18H2,1H3,(H,31,32,34)/t27-/m0/s1. The highest BCUT2D eigenvalue weighted by Crippen LogP contribution is 2.22. The SMILES string of the molecule is COC1CCN(c2ccc(NC(=O)[C@@H](NCCc3ccc(C#N)cc3)c3ccccc3)nc2)CC1. The van der Waals surface area contributed by atoms with Crippen molar-refractivity contribution in [3.05, 3.63) is 89.6 Å². The maximum atomic E-state index is 13.2. The maximum Gasteiger partial charge on any atom is 0.247 e. The molecule has 0 radical (unpaired) electrons. The fourth-order valence-electron chi connectivity index (χ4n) is 4.31. The summed E-state index contributed by atoms with van der Waals surface area (Å²) in [6.45, 7) is 2.49. The second-order valence-electron chi connectivity index (χ2n) is 8.67. The minimum absolute atomic E-state index is 0.155. The Hall–Kier alpha value is -3.73. The van der Waals surface area contributed by atoms with Gasteiger partial charge >= 0.3 is 0 Å². The first kappa shape index (κ1) is 24.4. The Balaban J connectivity index is 1.37. The number of benzene rings is 2. The van der Waals surface area contributed by atoms with Gasteiger partial charge in [0.15, 0.2) is 0 Å². The molecule has 180 valence electrons. The Labute approximate surface area is 206 Å². The van der Waals surface area contributed by atoms with E-state index in [1.807, 2.05) is 72.9 Å². The predicted octanol–water partition coefficient (Wildman–Crippen LogP) is 4.08. The minimum Gasteiger partial charge on any atom is -0.381 e. The molecule has 1 aliphatic heterocycles. The molecule has 0 aliphatic carbocycles. The number of nitrogens with one attached hydrogen (secondary N) is 2. The summed E-state index contributed by atoms with van der Waals surface area (Å²) in [5.41, 5.74) is 3.69. The number of amides is 1. The molecule has 3 aromatic rings. The van der Waals surface area contributed by atoms with Crippen molar-refractivity contribution in [2.75, 3.05) is 37.0 Å². The third kappa shape index (κ3) is 6.66. The van der Waals surface area contributed by atoms with Gasteiger partial charge in [-0.1, -0.05) is 42.5 Å². The van der Waals surface area contributed by atoms with Gasteiger partial charge in [-0.15, -0.1) is 0 Å². The lowest BCUT2D eigenvalue weighted by molar-refractivity contribution is -0.118. The molecule has 0 saturated carbocycles. The fraction of sp³-hybridized carbons (Fsp3) is 0.321. The molecule has 1 saturated heterocycles. The predicted molar refractivity (Wildman–Crippen MR) is 137 cm³/mol. The zero-order valence-electron chi connectivity index (χ0n) is 20.0. The molecular weight excluding hydrogens is 438 g/mol. The van der Waals surface area contributed by atoms with Crippen LogP contribution in [-0.4, -0.2) is 43.7 Å². The van der Waals surface area contributed by atoms with Gasteiger partial charge in [0.1, 0.15) is 11.9 Å². The molecule has 7 nitrogen and oxygen atoms in total.